The molecule has 0 fully saturated rings. The van der Waals surface area contributed by atoms with Gasteiger partial charge >= 0.3 is 0 Å². The summed E-state index contributed by atoms with van der Waals surface area (Å²) < 4.78 is 12.6. The highest BCUT2D eigenvalue weighted by atomic mass is 28.4. The zero-order valence-electron chi connectivity index (χ0n) is 20.5. The smallest absolute Gasteiger partial charge is 0.295 e. The second kappa shape index (κ2) is 11.0. The Morgan fingerprint density at radius 3 is 0.893 bits per heavy atom. The first kappa shape index (κ1) is 27.4. The molecule has 28 heavy (non-hydrogen) atoms. The molecule has 0 aliphatic heterocycles. The molecule has 6 heteroatoms. The van der Waals surface area contributed by atoms with E-state index >= 15 is 0 Å². The second-order valence-corrected chi connectivity index (χ2v) is 20.0. The van der Waals surface area contributed by atoms with Crippen molar-refractivity contribution in [3.63, 3.8) is 0 Å². The van der Waals surface area contributed by atoms with Crippen LogP contribution in [0.2, 0.25) is 34.3 Å². The normalized spacial score (nSPS) is 13.4. The number of hydrogen-bond acceptors (Lipinski definition) is 4. The molecule has 0 heterocycles. The molecule has 0 unspecified atom stereocenters. The molecule has 0 saturated carbocycles. The van der Waals surface area contributed by atoms with E-state index < -0.39 is 16.6 Å². The number of rotatable bonds is 11. The van der Waals surface area contributed by atoms with Gasteiger partial charge in [-0.05, 0) is 34.3 Å². The van der Waals surface area contributed by atoms with Crippen molar-refractivity contribution in [3.05, 3.63) is 0 Å². The largest absolute Gasteiger partial charge is 0.518 e. The van der Waals surface area contributed by atoms with Crippen molar-refractivity contribution in [3.8, 4) is 0 Å². The predicted octanol–water partition coefficient (Wildman–Crippen LogP) is 6.92. The maximum Gasteiger partial charge on any atom is 0.295 e. The van der Waals surface area contributed by atoms with Crippen LogP contribution in [0.25, 0.3) is 0 Å². The van der Waals surface area contributed by atoms with E-state index in [1.54, 1.807) is 0 Å². The van der Waals surface area contributed by atoms with Crippen LogP contribution in [0.5, 0.6) is 0 Å². The maximum atomic E-state index is 12.6. The van der Waals surface area contributed by atoms with Gasteiger partial charge in [-0.1, -0.05) is 83.1 Å². The van der Waals surface area contributed by atoms with Gasteiger partial charge in [0.25, 0.3) is 28.6 Å². The molecule has 0 aliphatic rings. The number of carbonyl (C=O) groups is 2. The molecule has 0 rings (SSSR count). The van der Waals surface area contributed by atoms with Crippen molar-refractivity contribution in [1.82, 2.24) is 0 Å². The predicted molar refractivity (Wildman–Crippen MR) is 123 cm³/mol. The average molecular weight is 431 g/mol. The second-order valence-electron chi connectivity index (χ2n) is 10.2. The van der Waals surface area contributed by atoms with Crippen LogP contribution >= 0.6 is 0 Å². The van der Waals surface area contributed by atoms with Gasteiger partial charge in [-0.3, -0.25) is 9.59 Å². The fourth-order valence-electron chi connectivity index (χ4n) is 4.06. The minimum absolute atomic E-state index is 0.0883. The first-order valence-electron chi connectivity index (χ1n) is 11.1. The molecule has 0 aliphatic carbocycles. The van der Waals surface area contributed by atoms with E-state index in [0.717, 1.165) is 12.1 Å². The van der Waals surface area contributed by atoms with E-state index in [2.05, 4.69) is 55.4 Å². The van der Waals surface area contributed by atoms with Gasteiger partial charge in [-0.2, -0.15) is 0 Å². The molecule has 0 radical (unpaired) electrons. The quantitative estimate of drug-likeness (QED) is 0.334. The van der Waals surface area contributed by atoms with Crippen molar-refractivity contribution in [2.24, 2.45) is 11.8 Å². The Labute approximate surface area is 176 Å². The summed E-state index contributed by atoms with van der Waals surface area (Å²) in [5.74, 6) is -0.426. The molecule has 0 spiro atoms. The van der Waals surface area contributed by atoms with Gasteiger partial charge in [0.05, 0.1) is 0 Å². The molecule has 0 bridgehead atoms. The highest BCUT2D eigenvalue weighted by Gasteiger charge is 2.51. The fraction of sp³-hybridized carbons (Fsp3) is 0.909. The Hall–Kier alpha value is -0.626. The Bertz CT molecular complexity index is 449. The molecule has 0 atom stereocenters. The standard InChI is InChI=1S/C22H46O4Si2/c1-15(2)21(23)25-27(17(5)6,18(7)8)13-14-28(19(9)10,20(11)12)26-22(24)16(3)4/h15-20H,13-14H2,1-12H3. The van der Waals surface area contributed by atoms with Crippen molar-refractivity contribution >= 4 is 28.6 Å². The fourth-order valence-corrected chi connectivity index (χ4v) is 14.5. The Morgan fingerprint density at radius 1 is 0.536 bits per heavy atom. The van der Waals surface area contributed by atoms with Gasteiger partial charge in [-0.25, -0.2) is 0 Å². The average Bonchev–Trinajstić information content (AvgIpc) is 2.55. The van der Waals surface area contributed by atoms with Crippen molar-refractivity contribution in [2.45, 2.75) is 117 Å². The monoisotopic (exact) mass is 430 g/mol. The topological polar surface area (TPSA) is 52.6 Å². The van der Waals surface area contributed by atoms with Crippen LogP contribution in [0.15, 0.2) is 0 Å². The van der Waals surface area contributed by atoms with Crippen LogP contribution in [-0.2, 0) is 18.4 Å². The highest BCUT2D eigenvalue weighted by molar-refractivity contribution is 6.82. The van der Waals surface area contributed by atoms with Gasteiger partial charge in [0.15, 0.2) is 0 Å². The lowest BCUT2D eigenvalue weighted by Gasteiger charge is -2.43. The first-order chi connectivity index (χ1) is 12.6. The van der Waals surface area contributed by atoms with Crippen LogP contribution in [-0.4, -0.2) is 28.6 Å². The minimum Gasteiger partial charge on any atom is -0.518 e. The maximum absolute atomic E-state index is 12.6. The summed E-state index contributed by atoms with van der Waals surface area (Å²) in [6.07, 6.45) is 0. The highest BCUT2D eigenvalue weighted by Crippen LogP contribution is 2.45. The lowest BCUT2D eigenvalue weighted by molar-refractivity contribution is -0.140. The molecule has 166 valence electrons. The molecule has 0 N–H and O–H groups in total. The summed E-state index contributed by atoms with van der Waals surface area (Å²) in [4.78, 5) is 25.1. The third-order valence-electron chi connectivity index (χ3n) is 6.34. The van der Waals surface area contributed by atoms with E-state index in [9.17, 15) is 9.59 Å². The SMILES string of the molecule is CC(C)C(=O)O[Si](CC[Si](OC(=O)C(C)C)(C(C)C)C(C)C)(C(C)C)C(C)C. The minimum atomic E-state index is -2.36. The van der Waals surface area contributed by atoms with Crippen LogP contribution in [0.1, 0.15) is 83.1 Å². The van der Waals surface area contributed by atoms with Gasteiger partial charge in [0.2, 0.25) is 0 Å². The molecule has 4 nitrogen and oxygen atoms in total. The van der Waals surface area contributed by atoms with Gasteiger partial charge < -0.3 is 8.85 Å². The molecule has 0 aromatic carbocycles. The molecule has 0 aromatic heterocycles. The first-order valence-corrected chi connectivity index (χ1v) is 15.6. The van der Waals surface area contributed by atoms with E-state index in [0.29, 0.717) is 22.2 Å². The van der Waals surface area contributed by atoms with Gasteiger partial charge in [-0.15, -0.1) is 0 Å². The Kier molecular flexibility index (Phi) is 10.7. The summed E-state index contributed by atoms with van der Waals surface area (Å²) in [7, 11) is -4.72. The van der Waals surface area contributed by atoms with Gasteiger partial charge in [0.1, 0.15) is 0 Å². The zero-order valence-corrected chi connectivity index (χ0v) is 22.5. The van der Waals surface area contributed by atoms with E-state index in [1.807, 2.05) is 27.7 Å². The van der Waals surface area contributed by atoms with Crippen LogP contribution in [0.4, 0.5) is 0 Å². The number of hydrogen-bond donors (Lipinski definition) is 0. The van der Waals surface area contributed by atoms with Crippen LogP contribution in [0.3, 0.4) is 0 Å². The Morgan fingerprint density at radius 2 is 0.750 bits per heavy atom. The van der Waals surface area contributed by atoms with Crippen LogP contribution < -0.4 is 0 Å². The third-order valence-corrected chi connectivity index (χ3v) is 17.9. The van der Waals surface area contributed by atoms with Crippen molar-refractivity contribution < 1.29 is 18.4 Å². The molecular weight excluding hydrogens is 384 g/mol. The third kappa shape index (κ3) is 6.44. The zero-order chi connectivity index (χ0) is 22.4. The van der Waals surface area contributed by atoms with Crippen molar-refractivity contribution in [2.75, 3.05) is 0 Å². The van der Waals surface area contributed by atoms with Gasteiger partial charge in [0, 0.05) is 11.8 Å². The molecule has 0 amide bonds. The summed E-state index contributed by atoms with van der Waals surface area (Å²) in [5.41, 5.74) is 1.29. The molecular formula is C22H46O4Si2. The lowest BCUT2D eigenvalue weighted by atomic mass is 10.2. The molecule has 0 saturated heterocycles. The molecule has 0 aromatic rings. The summed E-state index contributed by atoms with van der Waals surface area (Å²) in [6, 6.07) is 1.74. The van der Waals surface area contributed by atoms with E-state index in [4.69, 9.17) is 8.85 Å². The summed E-state index contributed by atoms with van der Waals surface area (Å²) in [5, 5.41) is 0. The van der Waals surface area contributed by atoms with E-state index in [-0.39, 0.29) is 23.8 Å². The Balaban J connectivity index is 5.98. The van der Waals surface area contributed by atoms with E-state index in [1.165, 1.54) is 0 Å². The number of carbonyl (C=O) groups excluding carboxylic acids is 2. The summed E-state index contributed by atoms with van der Waals surface area (Å²) in [6.45, 7) is 25.1. The van der Waals surface area contributed by atoms with Crippen LogP contribution in [0, 0.1) is 11.8 Å². The van der Waals surface area contributed by atoms with Crippen molar-refractivity contribution in [1.29, 1.82) is 0 Å². The summed E-state index contributed by atoms with van der Waals surface area (Å²) >= 11 is 0. The lowest BCUT2D eigenvalue weighted by Crippen LogP contribution is -2.52.